The van der Waals surface area contributed by atoms with Gasteiger partial charge in [0.15, 0.2) is 0 Å². The Balaban J connectivity index is 2.17. The predicted octanol–water partition coefficient (Wildman–Crippen LogP) is 3.56. The molecule has 0 unspecified atom stereocenters. The summed E-state index contributed by atoms with van der Waals surface area (Å²) in [5.41, 5.74) is 8.72. The molecular weight excluding hydrogens is 308 g/mol. The highest BCUT2D eigenvalue weighted by molar-refractivity contribution is 9.10. The van der Waals surface area contributed by atoms with Crippen LogP contribution in [0.3, 0.4) is 0 Å². The van der Waals surface area contributed by atoms with Crippen LogP contribution in [0.5, 0.6) is 0 Å². The Labute approximate surface area is 119 Å². The van der Waals surface area contributed by atoms with Crippen LogP contribution >= 0.6 is 15.9 Å². The Morgan fingerprint density at radius 3 is 2.47 bits per heavy atom. The van der Waals surface area contributed by atoms with Gasteiger partial charge in [0, 0.05) is 10.2 Å². The molecule has 0 amide bonds. The molecule has 5 heteroatoms. The van der Waals surface area contributed by atoms with Gasteiger partial charge in [-0.25, -0.2) is 4.79 Å². The first-order valence-corrected chi connectivity index (χ1v) is 6.40. The van der Waals surface area contributed by atoms with E-state index < -0.39 is 0 Å². The Morgan fingerprint density at radius 1 is 1.21 bits per heavy atom. The summed E-state index contributed by atoms with van der Waals surface area (Å²) in [6, 6.07) is 12.6. The molecule has 0 fully saturated rings. The van der Waals surface area contributed by atoms with Crippen LogP contribution in [-0.2, 0) is 4.74 Å². The summed E-state index contributed by atoms with van der Waals surface area (Å²) in [6.07, 6.45) is 0. The van der Waals surface area contributed by atoms with Crippen molar-refractivity contribution < 1.29 is 9.53 Å². The molecule has 0 spiro atoms. The summed E-state index contributed by atoms with van der Waals surface area (Å²) in [5.74, 6) is -0.352. The zero-order valence-electron chi connectivity index (χ0n) is 10.3. The highest BCUT2D eigenvalue weighted by atomic mass is 79.9. The van der Waals surface area contributed by atoms with E-state index in [1.54, 1.807) is 24.3 Å². The number of rotatable bonds is 3. The molecule has 0 atom stereocenters. The van der Waals surface area contributed by atoms with Crippen molar-refractivity contribution in [3.8, 4) is 0 Å². The number of methoxy groups -OCH3 is 1. The number of ether oxygens (including phenoxy) is 1. The molecule has 3 N–H and O–H groups in total. The van der Waals surface area contributed by atoms with Crippen molar-refractivity contribution in [1.82, 2.24) is 0 Å². The lowest BCUT2D eigenvalue weighted by Crippen LogP contribution is -2.01. The van der Waals surface area contributed by atoms with Crippen LogP contribution in [0, 0.1) is 0 Å². The van der Waals surface area contributed by atoms with Gasteiger partial charge in [0.2, 0.25) is 0 Å². The largest absolute Gasteiger partial charge is 0.465 e. The summed E-state index contributed by atoms with van der Waals surface area (Å²) < 4.78 is 5.57. The van der Waals surface area contributed by atoms with Gasteiger partial charge in [-0.15, -0.1) is 0 Å². The van der Waals surface area contributed by atoms with Crippen LogP contribution in [0.15, 0.2) is 46.9 Å². The lowest BCUT2D eigenvalue weighted by Gasteiger charge is -2.10. The Morgan fingerprint density at radius 2 is 1.89 bits per heavy atom. The summed E-state index contributed by atoms with van der Waals surface area (Å²) in [6.45, 7) is 0. The van der Waals surface area contributed by atoms with Crippen molar-refractivity contribution in [2.24, 2.45) is 0 Å². The fourth-order valence-electron chi connectivity index (χ4n) is 1.61. The molecule has 98 valence electrons. The fourth-order valence-corrected chi connectivity index (χ4v) is 1.99. The Bertz CT molecular complexity index is 597. The van der Waals surface area contributed by atoms with E-state index in [4.69, 9.17) is 5.73 Å². The number of hydrogen-bond acceptors (Lipinski definition) is 4. The van der Waals surface area contributed by atoms with E-state index in [9.17, 15) is 4.79 Å². The number of nitrogens with one attached hydrogen (secondary N) is 1. The maximum Gasteiger partial charge on any atom is 0.337 e. The fraction of sp³-hybridized carbons (Fsp3) is 0.0714. The van der Waals surface area contributed by atoms with Gasteiger partial charge in [0.1, 0.15) is 0 Å². The summed E-state index contributed by atoms with van der Waals surface area (Å²) in [5, 5.41) is 3.19. The Hall–Kier alpha value is -2.01. The van der Waals surface area contributed by atoms with Crippen LogP contribution in [0.2, 0.25) is 0 Å². The number of esters is 1. The van der Waals surface area contributed by atoms with Crippen LogP contribution in [0.25, 0.3) is 0 Å². The lowest BCUT2D eigenvalue weighted by molar-refractivity contribution is 0.0601. The highest BCUT2D eigenvalue weighted by Gasteiger charge is 2.05. The van der Waals surface area contributed by atoms with E-state index in [1.807, 2.05) is 18.2 Å². The van der Waals surface area contributed by atoms with Gasteiger partial charge < -0.3 is 15.8 Å². The number of benzene rings is 2. The molecule has 19 heavy (non-hydrogen) atoms. The monoisotopic (exact) mass is 320 g/mol. The first kappa shape index (κ1) is 13.4. The Kier molecular flexibility index (Phi) is 4.06. The van der Waals surface area contributed by atoms with Gasteiger partial charge in [0.25, 0.3) is 0 Å². The molecule has 0 heterocycles. The highest BCUT2D eigenvalue weighted by Crippen LogP contribution is 2.26. The van der Waals surface area contributed by atoms with Crippen molar-refractivity contribution in [2.45, 2.75) is 0 Å². The third-order valence-electron chi connectivity index (χ3n) is 2.60. The first-order valence-electron chi connectivity index (χ1n) is 5.60. The van der Waals surface area contributed by atoms with Gasteiger partial charge in [-0.2, -0.15) is 0 Å². The number of nitrogen functional groups attached to an aromatic ring is 1. The van der Waals surface area contributed by atoms with Gasteiger partial charge >= 0.3 is 5.97 Å². The van der Waals surface area contributed by atoms with Gasteiger partial charge in [-0.3, -0.25) is 0 Å². The molecule has 0 aliphatic heterocycles. The van der Waals surface area contributed by atoms with Gasteiger partial charge in [-0.05, 0) is 42.5 Å². The molecule has 0 aromatic heterocycles. The van der Waals surface area contributed by atoms with Crippen molar-refractivity contribution in [3.63, 3.8) is 0 Å². The van der Waals surface area contributed by atoms with E-state index in [1.165, 1.54) is 7.11 Å². The molecule has 0 radical (unpaired) electrons. The summed E-state index contributed by atoms with van der Waals surface area (Å²) in [7, 11) is 1.36. The first-order chi connectivity index (χ1) is 9.10. The third kappa shape index (κ3) is 3.26. The summed E-state index contributed by atoms with van der Waals surface area (Å²) in [4.78, 5) is 11.3. The lowest BCUT2D eigenvalue weighted by atomic mass is 10.2. The number of carbonyl (C=O) groups is 1. The average molecular weight is 321 g/mol. The molecule has 4 nitrogen and oxygen atoms in total. The maximum absolute atomic E-state index is 11.3. The second-order valence-corrected chi connectivity index (χ2v) is 4.84. The van der Waals surface area contributed by atoms with E-state index >= 15 is 0 Å². The van der Waals surface area contributed by atoms with Gasteiger partial charge in [-0.1, -0.05) is 15.9 Å². The van der Waals surface area contributed by atoms with Crippen LogP contribution in [0.4, 0.5) is 17.1 Å². The average Bonchev–Trinajstić information content (AvgIpc) is 2.42. The molecule has 2 aromatic rings. The van der Waals surface area contributed by atoms with Crippen molar-refractivity contribution in [2.75, 3.05) is 18.2 Å². The minimum Gasteiger partial charge on any atom is -0.465 e. The number of nitrogens with two attached hydrogens (primary N) is 1. The molecule has 0 saturated carbocycles. The van der Waals surface area contributed by atoms with Crippen molar-refractivity contribution >= 4 is 39.0 Å². The normalized spacial score (nSPS) is 10.0. The quantitative estimate of drug-likeness (QED) is 0.670. The number of anilines is 3. The van der Waals surface area contributed by atoms with Crippen LogP contribution < -0.4 is 11.1 Å². The maximum atomic E-state index is 11.3. The number of halogens is 1. The number of carbonyl (C=O) groups excluding carboxylic acids is 1. The minimum atomic E-state index is -0.352. The van der Waals surface area contributed by atoms with Crippen LogP contribution in [-0.4, -0.2) is 13.1 Å². The molecule has 0 saturated heterocycles. The molecule has 2 rings (SSSR count). The predicted molar refractivity (Wildman–Crippen MR) is 79.6 cm³/mol. The van der Waals surface area contributed by atoms with Crippen molar-refractivity contribution in [3.05, 3.63) is 52.5 Å². The third-order valence-corrected chi connectivity index (χ3v) is 3.09. The zero-order chi connectivity index (χ0) is 13.8. The van der Waals surface area contributed by atoms with E-state index in [0.29, 0.717) is 11.3 Å². The topological polar surface area (TPSA) is 64.3 Å². The summed E-state index contributed by atoms with van der Waals surface area (Å²) >= 11 is 3.36. The van der Waals surface area contributed by atoms with Crippen molar-refractivity contribution in [1.29, 1.82) is 0 Å². The van der Waals surface area contributed by atoms with E-state index in [2.05, 4.69) is 26.0 Å². The van der Waals surface area contributed by atoms with Gasteiger partial charge in [0.05, 0.1) is 24.0 Å². The zero-order valence-corrected chi connectivity index (χ0v) is 11.9. The number of hydrogen-bond donors (Lipinski definition) is 2. The second kappa shape index (κ2) is 5.75. The molecule has 0 aliphatic carbocycles. The minimum absolute atomic E-state index is 0.352. The molecule has 0 bridgehead atoms. The van der Waals surface area contributed by atoms with E-state index in [-0.39, 0.29) is 5.97 Å². The standard InChI is InChI=1S/C14H13BrN2O2/c1-19-14(18)9-2-5-11(6-3-9)17-13-7-4-10(15)8-12(13)16/h2-8,17H,16H2,1H3. The SMILES string of the molecule is COC(=O)c1ccc(Nc2ccc(Br)cc2N)cc1. The van der Waals surface area contributed by atoms with Crippen LogP contribution in [0.1, 0.15) is 10.4 Å². The molecular formula is C14H13BrN2O2. The molecule has 0 aliphatic rings. The smallest absolute Gasteiger partial charge is 0.337 e. The van der Waals surface area contributed by atoms with E-state index in [0.717, 1.165) is 15.8 Å². The second-order valence-electron chi connectivity index (χ2n) is 3.93. The molecule has 2 aromatic carbocycles.